The molecule has 0 spiro atoms. The molecule has 0 radical (unpaired) electrons. The van der Waals surface area contributed by atoms with Crippen molar-refractivity contribution in [3.8, 4) is 0 Å². The van der Waals surface area contributed by atoms with E-state index >= 15 is 0 Å². The van der Waals surface area contributed by atoms with E-state index in [0.29, 0.717) is 9.31 Å². The average Bonchev–Trinajstić information content (AvgIpc) is 2.40. The van der Waals surface area contributed by atoms with Crippen molar-refractivity contribution in [1.29, 1.82) is 0 Å². The third-order valence-corrected chi connectivity index (χ3v) is 3.46. The molecule has 19 heavy (non-hydrogen) atoms. The molecule has 0 saturated carbocycles. The van der Waals surface area contributed by atoms with Crippen LogP contribution >= 0.6 is 37.1 Å². The molecule has 106 valence electrons. The van der Waals surface area contributed by atoms with Crippen molar-refractivity contribution in [2.45, 2.75) is 27.2 Å². The van der Waals surface area contributed by atoms with Crippen LogP contribution in [0.1, 0.15) is 31.9 Å². The van der Waals surface area contributed by atoms with Gasteiger partial charge in [-0.25, -0.2) is 0 Å². The third-order valence-electron chi connectivity index (χ3n) is 2.68. The minimum absolute atomic E-state index is 0.465. The molecule has 1 rings (SSSR count). The topological polar surface area (TPSA) is 29.3 Å². The number of nitrogens with two attached hydrogens (primary N) is 1. The van der Waals surface area contributed by atoms with E-state index in [1.807, 2.05) is 17.0 Å². The van der Waals surface area contributed by atoms with Crippen LogP contribution in [0.4, 0.5) is 0 Å². The first-order valence-corrected chi connectivity index (χ1v) is 7.59. The maximum Gasteiger partial charge on any atom is 0.133 e. The van der Waals surface area contributed by atoms with Crippen LogP contribution in [0.5, 0.6) is 0 Å². The maximum absolute atomic E-state index is 5.44. The molecule has 2 nitrogen and oxygen atoms in total. The summed E-state index contributed by atoms with van der Waals surface area (Å²) in [6.07, 6.45) is 1.05. The van der Waals surface area contributed by atoms with Crippen molar-refractivity contribution in [3.05, 3.63) is 35.4 Å². The first-order chi connectivity index (χ1) is 8.96. The van der Waals surface area contributed by atoms with Crippen molar-refractivity contribution in [2.24, 2.45) is 5.73 Å². The number of hydrogen-bond acceptors (Lipinski definition) is 2. The second-order valence-corrected chi connectivity index (χ2v) is 5.42. The van der Waals surface area contributed by atoms with Crippen LogP contribution in [0.3, 0.4) is 0 Å². The molecular formula is C14H22N2S3. The van der Waals surface area contributed by atoms with Gasteiger partial charge in [0.25, 0.3) is 0 Å². The molecule has 0 amide bonds. The van der Waals surface area contributed by atoms with Gasteiger partial charge in [-0.15, -0.1) is 12.6 Å². The number of thiocarbonyl (C=S) groups is 2. The van der Waals surface area contributed by atoms with Crippen molar-refractivity contribution >= 4 is 46.4 Å². The summed E-state index contributed by atoms with van der Waals surface area (Å²) >= 11 is 13.6. The fourth-order valence-electron chi connectivity index (χ4n) is 1.40. The van der Waals surface area contributed by atoms with Crippen LogP contribution < -0.4 is 5.73 Å². The Hall–Kier alpha value is -0.650. The van der Waals surface area contributed by atoms with Crippen LogP contribution in [0, 0.1) is 0 Å². The molecule has 0 atom stereocenters. The Morgan fingerprint density at radius 3 is 1.79 bits per heavy atom. The number of nitrogens with zero attached hydrogens (tertiary/aromatic N) is 1. The molecule has 1 aromatic rings. The summed E-state index contributed by atoms with van der Waals surface area (Å²) in [6.45, 7) is 8.16. The fraction of sp³-hybridized carbons (Fsp3) is 0.429. The van der Waals surface area contributed by atoms with Crippen molar-refractivity contribution < 1.29 is 0 Å². The lowest BCUT2D eigenvalue weighted by Gasteiger charge is -2.16. The van der Waals surface area contributed by atoms with Gasteiger partial charge in [0.05, 0.1) is 0 Å². The Kier molecular flexibility index (Phi) is 9.83. The molecule has 0 saturated heterocycles. The van der Waals surface area contributed by atoms with E-state index in [-0.39, 0.29) is 0 Å². The normalized spacial score (nSPS) is 9.26. The van der Waals surface area contributed by atoms with Gasteiger partial charge >= 0.3 is 0 Å². The Bertz CT molecular complexity index is 398. The maximum atomic E-state index is 5.44. The summed E-state index contributed by atoms with van der Waals surface area (Å²) in [7, 11) is 0. The van der Waals surface area contributed by atoms with Crippen molar-refractivity contribution in [3.63, 3.8) is 0 Å². The summed E-state index contributed by atoms with van der Waals surface area (Å²) in [5.74, 6) is 0. The highest BCUT2D eigenvalue weighted by Crippen LogP contribution is 2.04. The predicted molar refractivity (Wildman–Crippen MR) is 96.2 cm³/mol. The van der Waals surface area contributed by atoms with Crippen LogP contribution in [0.25, 0.3) is 0 Å². The highest BCUT2D eigenvalue weighted by Gasteiger charge is 1.96. The van der Waals surface area contributed by atoms with Gasteiger partial charge in [0.15, 0.2) is 0 Å². The minimum atomic E-state index is 0.465. The molecule has 0 heterocycles. The largest absolute Gasteiger partial charge is 0.389 e. The molecule has 5 heteroatoms. The van der Waals surface area contributed by atoms with Gasteiger partial charge in [0.2, 0.25) is 0 Å². The van der Waals surface area contributed by atoms with Crippen molar-refractivity contribution in [2.75, 3.05) is 13.1 Å². The quantitative estimate of drug-likeness (QED) is 0.658. The molecule has 2 N–H and O–H groups in total. The SMILES string of the molecule is CCN(CC)C(=S)S.CCc1ccc(C(N)=S)cc1. The Morgan fingerprint density at radius 1 is 1.11 bits per heavy atom. The zero-order valence-corrected chi connectivity index (χ0v) is 14.2. The standard InChI is InChI=1S/C9H11NS.C5H11NS2/c1-2-7-3-5-8(6-4-7)9(10)11;1-3-6(4-2)5(7)8/h3-6H,2H2,1H3,(H2,10,11);3-4H2,1-2H3,(H,7,8). The van der Waals surface area contributed by atoms with Crippen molar-refractivity contribution in [1.82, 2.24) is 4.90 Å². The first-order valence-electron chi connectivity index (χ1n) is 6.32. The highest BCUT2D eigenvalue weighted by molar-refractivity contribution is 8.10. The third kappa shape index (κ3) is 7.50. The molecule has 0 aliphatic heterocycles. The Morgan fingerprint density at radius 2 is 1.58 bits per heavy atom. The second-order valence-electron chi connectivity index (χ2n) is 3.87. The summed E-state index contributed by atoms with van der Waals surface area (Å²) in [4.78, 5) is 2.48. The number of benzene rings is 1. The molecule has 0 aliphatic carbocycles. The summed E-state index contributed by atoms with van der Waals surface area (Å²) < 4.78 is 0.690. The second kappa shape index (κ2) is 10.2. The van der Waals surface area contributed by atoms with Crippen LogP contribution in [0.15, 0.2) is 24.3 Å². The van der Waals surface area contributed by atoms with E-state index in [1.165, 1.54) is 5.56 Å². The number of aryl methyl sites for hydroxylation is 1. The fourth-order valence-corrected chi connectivity index (χ4v) is 2.08. The lowest BCUT2D eigenvalue weighted by molar-refractivity contribution is 0.482. The molecule has 0 fully saturated rings. The lowest BCUT2D eigenvalue weighted by Crippen LogP contribution is -2.24. The van der Waals surface area contributed by atoms with Gasteiger partial charge in [-0.2, -0.15) is 0 Å². The van der Waals surface area contributed by atoms with Gasteiger partial charge < -0.3 is 10.6 Å². The molecule has 0 aromatic heterocycles. The summed E-state index contributed by atoms with van der Waals surface area (Å²) in [6, 6.07) is 8.02. The van der Waals surface area contributed by atoms with E-state index < -0.39 is 0 Å². The molecule has 1 aromatic carbocycles. The van der Waals surface area contributed by atoms with E-state index in [2.05, 4.69) is 45.5 Å². The van der Waals surface area contributed by atoms with Crippen LogP contribution in [-0.4, -0.2) is 27.3 Å². The first kappa shape index (κ1) is 18.4. The van der Waals surface area contributed by atoms with Gasteiger partial charge in [-0.05, 0) is 25.8 Å². The van der Waals surface area contributed by atoms with E-state index in [4.69, 9.17) is 30.2 Å². The Balaban J connectivity index is 0.000000362. The van der Waals surface area contributed by atoms with Crippen LogP contribution in [-0.2, 0) is 6.42 Å². The molecule has 0 aliphatic rings. The molecular weight excluding hydrogens is 292 g/mol. The lowest BCUT2D eigenvalue weighted by atomic mass is 10.1. The smallest absolute Gasteiger partial charge is 0.133 e. The minimum Gasteiger partial charge on any atom is -0.389 e. The zero-order chi connectivity index (χ0) is 14.8. The van der Waals surface area contributed by atoms with Gasteiger partial charge in [-0.3, -0.25) is 0 Å². The van der Waals surface area contributed by atoms with E-state index in [9.17, 15) is 0 Å². The van der Waals surface area contributed by atoms with Crippen LogP contribution in [0.2, 0.25) is 0 Å². The zero-order valence-electron chi connectivity index (χ0n) is 11.7. The Labute approximate surface area is 132 Å². The monoisotopic (exact) mass is 314 g/mol. The number of thiol groups is 1. The number of rotatable bonds is 4. The van der Waals surface area contributed by atoms with Gasteiger partial charge in [0.1, 0.15) is 9.31 Å². The van der Waals surface area contributed by atoms with E-state index in [0.717, 1.165) is 25.1 Å². The molecule has 0 unspecified atom stereocenters. The number of hydrogen-bond donors (Lipinski definition) is 2. The summed E-state index contributed by atoms with van der Waals surface area (Å²) in [5, 5.41) is 0. The predicted octanol–water partition coefficient (Wildman–Crippen LogP) is 3.43. The summed E-state index contributed by atoms with van der Waals surface area (Å²) in [5.41, 5.74) is 7.69. The average molecular weight is 315 g/mol. The van der Waals surface area contributed by atoms with E-state index in [1.54, 1.807) is 0 Å². The molecule has 0 bridgehead atoms. The van der Waals surface area contributed by atoms with Gasteiger partial charge in [0, 0.05) is 18.7 Å². The highest BCUT2D eigenvalue weighted by atomic mass is 32.1. The van der Waals surface area contributed by atoms with Gasteiger partial charge in [-0.1, -0.05) is 55.6 Å².